The Morgan fingerprint density at radius 1 is 1.42 bits per heavy atom. The minimum absolute atomic E-state index is 0.669. The summed E-state index contributed by atoms with van der Waals surface area (Å²) in [6.45, 7) is 5.28. The van der Waals surface area contributed by atoms with E-state index in [4.69, 9.17) is 11.6 Å². The van der Waals surface area contributed by atoms with Gasteiger partial charge in [0.25, 0.3) is 0 Å². The van der Waals surface area contributed by atoms with Gasteiger partial charge in [-0.1, -0.05) is 25.4 Å². The highest BCUT2D eigenvalue weighted by Crippen LogP contribution is 2.27. The Bertz CT molecular complexity index is 199. The zero-order valence-electron chi connectivity index (χ0n) is 8.26. The summed E-state index contributed by atoms with van der Waals surface area (Å²) < 4.78 is 0. The van der Waals surface area contributed by atoms with E-state index in [0.29, 0.717) is 5.92 Å². The molecule has 0 aromatic rings. The van der Waals surface area contributed by atoms with Crippen LogP contribution in [-0.4, -0.2) is 30.7 Å². The van der Waals surface area contributed by atoms with Crippen molar-refractivity contribution in [2.75, 3.05) is 20.6 Å². The van der Waals surface area contributed by atoms with Crippen molar-refractivity contribution >= 4 is 11.6 Å². The maximum Gasteiger partial charge on any atom is 0.0554 e. The summed E-state index contributed by atoms with van der Waals surface area (Å²) in [6.07, 6.45) is 1.07. The first-order chi connectivity index (χ1) is 5.52. The van der Waals surface area contributed by atoms with E-state index in [1.165, 1.54) is 5.70 Å². The van der Waals surface area contributed by atoms with Crippen LogP contribution in [0, 0.1) is 5.92 Å². The Balaban J connectivity index is 2.67. The number of allylic oxidation sites excluding steroid dienone is 1. The lowest BCUT2D eigenvalue weighted by molar-refractivity contribution is 0.0964. The van der Waals surface area contributed by atoms with Crippen LogP contribution in [0.1, 0.15) is 20.3 Å². The molecule has 2 nitrogen and oxygen atoms in total. The quantitative estimate of drug-likeness (QED) is 0.656. The van der Waals surface area contributed by atoms with Gasteiger partial charge >= 0.3 is 0 Å². The van der Waals surface area contributed by atoms with Gasteiger partial charge in [0.1, 0.15) is 0 Å². The van der Waals surface area contributed by atoms with Crippen molar-refractivity contribution in [3.05, 3.63) is 10.7 Å². The standard InChI is InChI=1S/C9H17ClN2/c1-7(2)5-9-8(10)6-11(3)12(9)4/h7H,5-6H2,1-4H3. The third kappa shape index (κ3) is 1.93. The Morgan fingerprint density at radius 2 is 2.00 bits per heavy atom. The molecule has 0 atom stereocenters. The fourth-order valence-corrected chi connectivity index (χ4v) is 1.78. The third-order valence-corrected chi connectivity index (χ3v) is 2.52. The highest BCUT2D eigenvalue weighted by Gasteiger charge is 2.22. The van der Waals surface area contributed by atoms with E-state index in [-0.39, 0.29) is 0 Å². The van der Waals surface area contributed by atoms with Gasteiger partial charge < -0.3 is 5.01 Å². The number of hydrazine groups is 1. The van der Waals surface area contributed by atoms with Crippen molar-refractivity contribution in [1.82, 2.24) is 10.0 Å². The van der Waals surface area contributed by atoms with Gasteiger partial charge in [0.05, 0.1) is 11.6 Å². The number of rotatable bonds is 2. The molecule has 0 spiro atoms. The van der Waals surface area contributed by atoms with E-state index in [2.05, 4.69) is 38.0 Å². The zero-order chi connectivity index (χ0) is 9.30. The minimum Gasteiger partial charge on any atom is -0.312 e. The van der Waals surface area contributed by atoms with Crippen LogP contribution in [0.4, 0.5) is 0 Å². The highest BCUT2D eigenvalue weighted by molar-refractivity contribution is 6.30. The number of likely N-dealkylation sites (N-methyl/N-ethyl adjacent to an activating group) is 1. The van der Waals surface area contributed by atoms with Crippen LogP contribution in [0.15, 0.2) is 10.7 Å². The summed E-state index contributed by atoms with van der Waals surface area (Å²) in [4.78, 5) is 0. The molecule has 0 saturated heterocycles. The number of halogens is 1. The van der Waals surface area contributed by atoms with E-state index in [1.807, 2.05) is 0 Å². The average molecular weight is 189 g/mol. The van der Waals surface area contributed by atoms with Gasteiger partial charge in [-0.2, -0.15) is 0 Å². The molecule has 0 aromatic heterocycles. The second-order valence-corrected chi connectivity index (χ2v) is 4.25. The third-order valence-electron chi connectivity index (χ3n) is 2.19. The van der Waals surface area contributed by atoms with E-state index < -0.39 is 0 Å². The molecule has 0 fully saturated rings. The monoisotopic (exact) mass is 188 g/mol. The number of nitrogens with zero attached hydrogens (tertiary/aromatic N) is 2. The summed E-state index contributed by atoms with van der Waals surface area (Å²) in [7, 11) is 4.11. The number of hydrogen-bond donors (Lipinski definition) is 0. The molecule has 0 radical (unpaired) electrons. The van der Waals surface area contributed by atoms with E-state index in [0.717, 1.165) is 18.0 Å². The molecule has 0 N–H and O–H groups in total. The van der Waals surface area contributed by atoms with Crippen molar-refractivity contribution in [1.29, 1.82) is 0 Å². The van der Waals surface area contributed by atoms with Crippen LogP contribution in [0.3, 0.4) is 0 Å². The molecule has 0 amide bonds. The van der Waals surface area contributed by atoms with E-state index in [1.54, 1.807) is 0 Å². The molecular weight excluding hydrogens is 172 g/mol. The zero-order valence-corrected chi connectivity index (χ0v) is 9.02. The maximum atomic E-state index is 6.11. The second-order valence-electron chi connectivity index (χ2n) is 3.79. The fourth-order valence-electron chi connectivity index (χ4n) is 1.41. The topological polar surface area (TPSA) is 6.48 Å². The Morgan fingerprint density at radius 3 is 2.33 bits per heavy atom. The molecule has 1 aliphatic heterocycles. The lowest BCUT2D eigenvalue weighted by Gasteiger charge is -2.25. The Hall–Kier alpha value is -0.210. The van der Waals surface area contributed by atoms with Crippen LogP contribution in [-0.2, 0) is 0 Å². The van der Waals surface area contributed by atoms with Gasteiger partial charge in [0.15, 0.2) is 0 Å². The van der Waals surface area contributed by atoms with Crippen LogP contribution in [0.5, 0.6) is 0 Å². The van der Waals surface area contributed by atoms with Crippen molar-refractivity contribution in [2.45, 2.75) is 20.3 Å². The van der Waals surface area contributed by atoms with E-state index in [9.17, 15) is 0 Å². The Kier molecular flexibility index (Phi) is 3.02. The first-order valence-corrected chi connectivity index (χ1v) is 4.72. The molecule has 0 bridgehead atoms. The van der Waals surface area contributed by atoms with Crippen LogP contribution >= 0.6 is 11.6 Å². The van der Waals surface area contributed by atoms with Gasteiger partial charge in [0, 0.05) is 19.8 Å². The summed E-state index contributed by atoms with van der Waals surface area (Å²) in [5, 5.41) is 5.26. The molecule has 1 rings (SSSR count). The normalized spacial score (nSPS) is 20.0. The first-order valence-electron chi connectivity index (χ1n) is 4.34. The van der Waals surface area contributed by atoms with Crippen LogP contribution < -0.4 is 0 Å². The molecule has 1 heterocycles. The summed E-state index contributed by atoms with van der Waals surface area (Å²) in [6, 6.07) is 0. The summed E-state index contributed by atoms with van der Waals surface area (Å²) in [5.74, 6) is 0.669. The predicted molar refractivity (Wildman–Crippen MR) is 52.7 cm³/mol. The van der Waals surface area contributed by atoms with Gasteiger partial charge in [-0.05, 0) is 12.3 Å². The summed E-state index contributed by atoms with van der Waals surface area (Å²) in [5.41, 5.74) is 1.27. The van der Waals surface area contributed by atoms with Crippen LogP contribution in [0.2, 0.25) is 0 Å². The smallest absolute Gasteiger partial charge is 0.0554 e. The molecule has 1 aliphatic rings. The van der Waals surface area contributed by atoms with Gasteiger partial charge in [-0.15, -0.1) is 0 Å². The molecule has 0 unspecified atom stereocenters. The van der Waals surface area contributed by atoms with Gasteiger partial charge in [-0.3, -0.25) is 0 Å². The molecule has 0 aromatic carbocycles. The molecule has 12 heavy (non-hydrogen) atoms. The van der Waals surface area contributed by atoms with Crippen molar-refractivity contribution in [2.24, 2.45) is 5.92 Å². The van der Waals surface area contributed by atoms with Crippen molar-refractivity contribution in [3.8, 4) is 0 Å². The SMILES string of the molecule is CC(C)CC1=C(Cl)CN(C)N1C. The average Bonchev–Trinajstić information content (AvgIpc) is 2.16. The summed E-state index contributed by atoms with van der Waals surface area (Å²) >= 11 is 6.11. The molecule has 70 valence electrons. The molecular formula is C9H17ClN2. The number of hydrogen-bond acceptors (Lipinski definition) is 2. The van der Waals surface area contributed by atoms with Crippen molar-refractivity contribution < 1.29 is 0 Å². The largest absolute Gasteiger partial charge is 0.312 e. The minimum atomic E-state index is 0.669. The van der Waals surface area contributed by atoms with Gasteiger partial charge in [0.2, 0.25) is 0 Å². The first kappa shape index (κ1) is 9.87. The van der Waals surface area contributed by atoms with Crippen molar-refractivity contribution in [3.63, 3.8) is 0 Å². The lowest BCUT2D eigenvalue weighted by Crippen LogP contribution is -2.30. The lowest BCUT2D eigenvalue weighted by atomic mass is 10.1. The van der Waals surface area contributed by atoms with E-state index >= 15 is 0 Å². The molecule has 0 aliphatic carbocycles. The maximum absolute atomic E-state index is 6.11. The Labute approximate surface area is 79.8 Å². The highest BCUT2D eigenvalue weighted by atomic mass is 35.5. The molecule has 3 heteroatoms. The predicted octanol–water partition coefficient (Wildman–Crippen LogP) is 2.28. The second kappa shape index (κ2) is 3.67. The molecule has 0 saturated carbocycles. The van der Waals surface area contributed by atoms with Crippen LogP contribution in [0.25, 0.3) is 0 Å². The van der Waals surface area contributed by atoms with Gasteiger partial charge in [-0.25, -0.2) is 5.01 Å². The fraction of sp³-hybridized carbons (Fsp3) is 0.778.